The zero-order chi connectivity index (χ0) is 22.9. The van der Waals surface area contributed by atoms with E-state index in [4.69, 9.17) is 9.73 Å². The van der Waals surface area contributed by atoms with Gasteiger partial charge in [0.15, 0.2) is 12.6 Å². The predicted molar refractivity (Wildman–Crippen MR) is 126 cm³/mol. The molecule has 1 aromatic carbocycles. The van der Waals surface area contributed by atoms with Crippen molar-refractivity contribution in [2.45, 2.75) is 51.6 Å². The summed E-state index contributed by atoms with van der Waals surface area (Å²) in [4.78, 5) is 32.7. The minimum Gasteiger partial charge on any atom is -0.484 e. The number of aliphatic imine (C=N–C) groups is 1. The minimum atomic E-state index is -0.0796. The summed E-state index contributed by atoms with van der Waals surface area (Å²) < 4.78 is 5.60. The number of benzene rings is 1. The molecule has 8 heteroatoms. The van der Waals surface area contributed by atoms with Crippen molar-refractivity contribution in [3.05, 3.63) is 29.8 Å². The van der Waals surface area contributed by atoms with Crippen LogP contribution in [0.5, 0.6) is 5.75 Å². The molecule has 1 heterocycles. The van der Waals surface area contributed by atoms with Crippen molar-refractivity contribution in [1.82, 2.24) is 20.4 Å². The lowest BCUT2D eigenvalue weighted by molar-refractivity contribution is -0.134. The van der Waals surface area contributed by atoms with E-state index in [-0.39, 0.29) is 24.5 Å². The van der Waals surface area contributed by atoms with Gasteiger partial charge in [0.05, 0.1) is 6.54 Å². The highest BCUT2D eigenvalue weighted by Gasteiger charge is 2.32. The summed E-state index contributed by atoms with van der Waals surface area (Å²) in [5, 5.41) is 6.79. The second-order valence-electron chi connectivity index (χ2n) is 8.81. The Hall–Kier alpha value is -2.77. The first-order valence-electron chi connectivity index (χ1n) is 11.7. The Kier molecular flexibility index (Phi) is 8.76. The lowest BCUT2D eigenvalue weighted by Crippen LogP contribution is -2.45. The van der Waals surface area contributed by atoms with E-state index in [1.165, 1.54) is 17.7 Å². The van der Waals surface area contributed by atoms with Gasteiger partial charge in [-0.3, -0.25) is 9.59 Å². The Bertz CT molecular complexity index is 805. The number of amides is 2. The van der Waals surface area contributed by atoms with E-state index >= 15 is 0 Å². The highest BCUT2D eigenvalue weighted by Crippen LogP contribution is 2.27. The van der Waals surface area contributed by atoms with Gasteiger partial charge in [-0.1, -0.05) is 25.0 Å². The number of guanidine groups is 1. The Balaban J connectivity index is 1.53. The summed E-state index contributed by atoms with van der Waals surface area (Å²) >= 11 is 0. The van der Waals surface area contributed by atoms with Crippen molar-refractivity contribution in [3.63, 3.8) is 0 Å². The number of hydrogen-bond donors (Lipinski definition) is 2. The molecule has 0 bridgehead atoms. The summed E-state index contributed by atoms with van der Waals surface area (Å²) in [5.74, 6) is 1.89. The Morgan fingerprint density at radius 1 is 1.22 bits per heavy atom. The smallest absolute Gasteiger partial charge is 0.259 e. The van der Waals surface area contributed by atoms with Crippen molar-refractivity contribution in [2.24, 2.45) is 10.9 Å². The van der Waals surface area contributed by atoms with Crippen LogP contribution in [-0.4, -0.2) is 74.0 Å². The number of likely N-dealkylation sites (tertiary alicyclic amines) is 1. The molecular weight excluding hydrogens is 406 g/mol. The largest absolute Gasteiger partial charge is 0.484 e. The van der Waals surface area contributed by atoms with E-state index in [0.29, 0.717) is 18.2 Å². The van der Waals surface area contributed by atoms with Crippen LogP contribution in [0.3, 0.4) is 0 Å². The van der Waals surface area contributed by atoms with Gasteiger partial charge in [-0.2, -0.15) is 0 Å². The van der Waals surface area contributed by atoms with E-state index in [2.05, 4.69) is 10.6 Å². The average molecular weight is 444 g/mol. The van der Waals surface area contributed by atoms with Crippen LogP contribution in [0.4, 0.5) is 0 Å². The molecule has 1 saturated carbocycles. The molecule has 1 aliphatic carbocycles. The fourth-order valence-corrected chi connectivity index (χ4v) is 4.20. The molecule has 0 spiro atoms. The standard InChI is InChI=1S/C24H37N5O3/c1-4-25-24(27-20-12-13-29(16-20)23(31)19-9-5-6-10-19)26-15-18-8-7-11-21(14-18)32-17-22(30)28(2)3/h7-8,11,14,19-20H,4-6,9-10,12-13,15-17H2,1-3H3,(H2,25,26,27). The Morgan fingerprint density at radius 3 is 2.72 bits per heavy atom. The quantitative estimate of drug-likeness (QED) is 0.474. The van der Waals surface area contributed by atoms with Gasteiger partial charge in [-0.05, 0) is 43.9 Å². The number of carbonyl (C=O) groups excluding carboxylic acids is 2. The maximum Gasteiger partial charge on any atom is 0.259 e. The predicted octanol–water partition coefficient (Wildman–Crippen LogP) is 2.00. The summed E-state index contributed by atoms with van der Waals surface area (Å²) in [6.07, 6.45) is 5.39. The number of rotatable bonds is 8. The second-order valence-corrected chi connectivity index (χ2v) is 8.81. The van der Waals surface area contributed by atoms with E-state index in [1.807, 2.05) is 36.1 Å². The van der Waals surface area contributed by atoms with E-state index in [9.17, 15) is 9.59 Å². The maximum atomic E-state index is 12.7. The normalized spacial score (nSPS) is 19.2. The number of ether oxygens (including phenoxy) is 1. The van der Waals surface area contributed by atoms with E-state index < -0.39 is 0 Å². The molecule has 1 unspecified atom stereocenters. The molecule has 0 radical (unpaired) electrons. The number of hydrogen-bond acceptors (Lipinski definition) is 4. The summed E-state index contributed by atoms with van der Waals surface area (Å²) in [6.45, 7) is 4.87. The first-order valence-corrected chi connectivity index (χ1v) is 11.7. The molecule has 1 saturated heterocycles. The lowest BCUT2D eigenvalue weighted by atomic mass is 10.1. The number of likely N-dealkylation sites (N-methyl/N-ethyl adjacent to an activating group) is 1. The number of carbonyl (C=O) groups is 2. The zero-order valence-electron chi connectivity index (χ0n) is 19.6. The van der Waals surface area contributed by atoms with Gasteiger partial charge in [-0.15, -0.1) is 0 Å². The SMILES string of the molecule is CCNC(=NCc1cccc(OCC(=O)N(C)C)c1)NC1CCN(C(=O)C2CCCC2)C1. The monoisotopic (exact) mass is 443 g/mol. The average Bonchev–Trinajstić information content (AvgIpc) is 3.48. The molecule has 8 nitrogen and oxygen atoms in total. The maximum absolute atomic E-state index is 12.7. The van der Waals surface area contributed by atoms with Crippen molar-refractivity contribution in [1.29, 1.82) is 0 Å². The third kappa shape index (κ3) is 6.87. The molecule has 2 aliphatic rings. The highest BCUT2D eigenvalue weighted by molar-refractivity contribution is 5.81. The van der Waals surface area contributed by atoms with Gasteiger partial charge in [0.2, 0.25) is 5.91 Å². The third-order valence-electron chi connectivity index (χ3n) is 6.07. The first kappa shape index (κ1) is 23.9. The molecule has 2 amide bonds. The fourth-order valence-electron chi connectivity index (χ4n) is 4.20. The van der Waals surface area contributed by atoms with Crippen LogP contribution in [-0.2, 0) is 16.1 Å². The van der Waals surface area contributed by atoms with E-state index in [1.54, 1.807) is 14.1 Å². The van der Waals surface area contributed by atoms with Gasteiger partial charge in [0, 0.05) is 45.7 Å². The molecule has 0 aromatic heterocycles. The summed E-state index contributed by atoms with van der Waals surface area (Å²) in [5.41, 5.74) is 1.00. The molecule has 32 heavy (non-hydrogen) atoms. The van der Waals surface area contributed by atoms with Gasteiger partial charge >= 0.3 is 0 Å². The molecule has 1 atom stereocenters. The summed E-state index contributed by atoms with van der Waals surface area (Å²) in [7, 11) is 3.42. The van der Waals surface area contributed by atoms with Crippen LogP contribution in [0.25, 0.3) is 0 Å². The molecule has 176 valence electrons. The van der Waals surface area contributed by atoms with Crippen molar-refractivity contribution < 1.29 is 14.3 Å². The fraction of sp³-hybridized carbons (Fsp3) is 0.625. The van der Waals surface area contributed by atoms with Gasteiger partial charge in [0.25, 0.3) is 5.91 Å². The molecular formula is C24H37N5O3. The van der Waals surface area contributed by atoms with Gasteiger partial charge in [-0.25, -0.2) is 4.99 Å². The topological polar surface area (TPSA) is 86.3 Å². The van der Waals surface area contributed by atoms with Crippen molar-refractivity contribution >= 4 is 17.8 Å². The van der Waals surface area contributed by atoms with Crippen LogP contribution in [0.1, 0.15) is 44.6 Å². The van der Waals surface area contributed by atoms with Gasteiger partial charge in [0.1, 0.15) is 5.75 Å². The first-order chi connectivity index (χ1) is 15.5. The number of nitrogens with zero attached hydrogens (tertiary/aromatic N) is 3. The second kappa shape index (κ2) is 11.7. The third-order valence-corrected chi connectivity index (χ3v) is 6.07. The molecule has 1 aromatic rings. The molecule has 2 N–H and O–H groups in total. The van der Waals surface area contributed by atoms with Crippen molar-refractivity contribution in [2.75, 3.05) is 40.3 Å². The van der Waals surface area contributed by atoms with Crippen LogP contribution >= 0.6 is 0 Å². The highest BCUT2D eigenvalue weighted by atomic mass is 16.5. The molecule has 2 fully saturated rings. The van der Waals surface area contributed by atoms with Crippen LogP contribution in [0, 0.1) is 5.92 Å². The van der Waals surface area contributed by atoms with Crippen LogP contribution in [0.2, 0.25) is 0 Å². The van der Waals surface area contributed by atoms with Crippen LogP contribution < -0.4 is 15.4 Å². The zero-order valence-corrected chi connectivity index (χ0v) is 19.6. The number of nitrogens with one attached hydrogen (secondary N) is 2. The summed E-state index contributed by atoms with van der Waals surface area (Å²) in [6, 6.07) is 7.86. The Morgan fingerprint density at radius 2 is 2.00 bits per heavy atom. The molecule has 1 aliphatic heterocycles. The molecule has 3 rings (SSSR count). The Labute approximate surface area is 191 Å². The van der Waals surface area contributed by atoms with Gasteiger partial charge < -0.3 is 25.2 Å². The van der Waals surface area contributed by atoms with Crippen LogP contribution in [0.15, 0.2) is 29.3 Å². The lowest BCUT2D eigenvalue weighted by Gasteiger charge is -2.21. The minimum absolute atomic E-state index is 0.0155. The van der Waals surface area contributed by atoms with E-state index in [0.717, 1.165) is 50.4 Å². The van der Waals surface area contributed by atoms with Crippen molar-refractivity contribution in [3.8, 4) is 5.75 Å².